The van der Waals surface area contributed by atoms with Crippen molar-refractivity contribution in [1.29, 1.82) is 0 Å². The number of nitrogens with zero attached hydrogens (tertiary/aromatic N) is 1. The molecule has 1 N–H and O–H groups in total. The van der Waals surface area contributed by atoms with Gasteiger partial charge in [0.1, 0.15) is 0 Å². The highest BCUT2D eigenvalue weighted by atomic mass is 16.5. The van der Waals surface area contributed by atoms with Gasteiger partial charge in [0, 0.05) is 13.2 Å². The lowest BCUT2D eigenvalue weighted by Crippen LogP contribution is -2.25. The summed E-state index contributed by atoms with van der Waals surface area (Å²) < 4.78 is 5.73. The minimum absolute atomic E-state index is 0.845. The van der Waals surface area contributed by atoms with Gasteiger partial charge < -0.3 is 15.0 Å². The molecule has 1 aliphatic rings. The number of hydrogen-bond donors (Lipinski definition) is 1. The molecule has 0 amide bonds. The van der Waals surface area contributed by atoms with Gasteiger partial charge in [0.2, 0.25) is 0 Å². The Hall–Kier alpha value is -0.120. The average molecular weight is 242 g/mol. The Labute approximate surface area is 107 Å². The van der Waals surface area contributed by atoms with E-state index in [2.05, 4.69) is 24.3 Å². The fourth-order valence-electron chi connectivity index (χ4n) is 2.39. The molecule has 102 valence electrons. The summed E-state index contributed by atoms with van der Waals surface area (Å²) in [6, 6.07) is 0. The molecule has 3 nitrogen and oxygen atoms in total. The maximum atomic E-state index is 5.73. The molecule has 1 aliphatic carbocycles. The number of rotatable bonds is 9. The van der Waals surface area contributed by atoms with Crippen molar-refractivity contribution < 1.29 is 4.74 Å². The van der Waals surface area contributed by atoms with E-state index in [1.807, 2.05) is 0 Å². The summed E-state index contributed by atoms with van der Waals surface area (Å²) in [7, 11) is 4.24. The van der Waals surface area contributed by atoms with Gasteiger partial charge in [0.05, 0.1) is 6.61 Å². The summed E-state index contributed by atoms with van der Waals surface area (Å²) in [5, 5.41) is 3.43. The molecule has 17 heavy (non-hydrogen) atoms. The van der Waals surface area contributed by atoms with E-state index in [4.69, 9.17) is 4.74 Å². The molecule has 0 aromatic carbocycles. The number of nitrogens with one attached hydrogen (secondary N) is 1. The second-order valence-electron chi connectivity index (χ2n) is 5.49. The summed E-state index contributed by atoms with van der Waals surface area (Å²) in [4.78, 5) is 2.22. The molecule has 0 heterocycles. The van der Waals surface area contributed by atoms with Crippen molar-refractivity contribution in [2.75, 3.05) is 46.9 Å². The molecule has 0 unspecified atom stereocenters. The number of ether oxygens (including phenoxy) is 1. The average Bonchev–Trinajstić information content (AvgIpc) is 2.33. The van der Waals surface area contributed by atoms with Gasteiger partial charge in [0.15, 0.2) is 0 Å². The molecule has 0 bridgehead atoms. The van der Waals surface area contributed by atoms with Crippen molar-refractivity contribution in [1.82, 2.24) is 10.2 Å². The fourth-order valence-corrected chi connectivity index (χ4v) is 2.39. The topological polar surface area (TPSA) is 24.5 Å². The quantitative estimate of drug-likeness (QED) is 0.627. The van der Waals surface area contributed by atoms with Crippen LogP contribution in [0.3, 0.4) is 0 Å². The molecule has 0 saturated heterocycles. The first-order valence-corrected chi connectivity index (χ1v) is 7.22. The van der Waals surface area contributed by atoms with Crippen molar-refractivity contribution in [2.24, 2.45) is 5.92 Å². The van der Waals surface area contributed by atoms with E-state index in [-0.39, 0.29) is 0 Å². The highest BCUT2D eigenvalue weighted by Crippen LogP contribution is 2.23. The first kappa shape index (κ1) is 14.9. The van der Waals surface area contributed by atoms with E-state index in [0.29, 0.717) is 0 Å². The van der Waals surface area contributed by atoms with Gasteiger partial charge in [-0.05, 0) is 52.4 Å². The standard InChI is InChI=1S/C14H30N2O/c1-16(2)11-6-9-15-10-12-17-13-14-7-4-3-5-8-14/h14-15H,3-13H2,1-2H3. The van der Waals surface area contributed by atoms with Crippen molar-refractivity contribution in [3.63, 3.8) is 0 Å². The smallest absolute Gasteiger partial charge is 0.0591 e. The highest BCUT2D eigenvalue weighted by molar-refractivity contribution is 4.64. The molecule has 0 aromatic rings. The highest BCUT2D eigenvalue weighted by Gasteiger charge is 2.12. The summed E-state index contributed by atoms with van der Waals surface area (Å²) in [5.74, 6) is 0.845. The third-order valence-electron chi connectivity index (χ3n) is 3.46. The van der Waals surface area contributed by atoms with Crippen molar-refractivity contribution in [3.8, 4) is 0 Å². The second-order valence-corrected chi connectivity index (χ2v) is 5.49. The van der Waals surface area contributed by atoms with E-state index in [0.717, 1.165) is 38.8 Å². The van der Waals surface area contributed by atoms with Gasteiger partial charge in [-0.1, -0.05) is 19.3 Å². The van der Waals surface area contributed by atoms with Gasteiger partial charge in [0.25, 0.3) is 0 Å². The van der Waals surface area contributed by atoms with E-state index in [9.17, 15) is 0 Å². The summed E-state index contributed by atoms with van der Waals surface area (Å²) in [6.45, 7) is 5.12. The molecule has 0 radical (unpaired) electrons. The van der Waals surface area contributed by atoms with Crippen LogP contribution in [0.1, 0.15) is 38.5 Å². The van der Waals surface area contributed by atoms with Crippen LogP contribution in [-0.4, -0.2) is 51.8 Å². The predicted octanol–water partition coefficient (Wildman–Crippen LogP) is 2.12. The van der Waals surface area contributed by atoms with Gasteiger partial charge >= 0.3 is 0 Å². The van der Waals surface area contributed by atoms with Gasteiger partial charge in [-0.3, -0.25) is 0 Å². The lowest BCUT2D eigenvalue weighted by atomic mass is 9.90. The Balaban J connectivity index is 1.78. The van der Waals surface area contributed by atoms with E-state index in [1.165, 1.54) is 38.5 Å². The Bertz CT molecular complexity index is 168. The molecule has 3 heteroatoms. The zero-order valence-electron chi connectivity index (χ0n) is 11.7. The molecular weight excluding hydrogens is 212 g/mol. The van der Waals surface area contributed by atoms with Crippen LogP contribution in [0, 0.1) is 5.92 Å². The zero-order chi connectivity index (χ0) is 12.3. The Kier molecular flexibility index (Phi) is 8.67. The van der Waals surface area contributed by atoms with Gasteiger partial charge in [-0.2, -0.15) is 0 Å². The monoisotopic (exact) mass is 242 g/mol. The third kappa shape index (κ3) is 8.58. The SMILES string of the molecule is CN(C)CCCNCCOCC1CCCCC1. The van der Waals surface area contributed by atoms with Gasteiger partial charge in [-0.15, -0.1) is 0 Å². The number of hydrogen-bond acceptors (Lipinski definition) is 3. The van der Waals surface area contributed by atoms with Crippen LogP contribution in [0.5, 0.6) is 0 Å². The predicted molar refractivity (Wildman–Crippen MR) is 73.4 cm³/mol. The lowest BCUT2D eigenvalue weighted by molar-refractivity contribution is 0.0869. The van der Waals surface area contributed by atoms with E-state index < -0.39 is 0 Å². The van der Waals surface area contributed by atoms with Crippen LogP contribution in [0.2, 0.25) is 0 Å². The first-order valence-electron chi connectivity index (χ1n) is 7.22. The van der Waals surface area contributed by atoms with Crippen LogP contribution in [0.4, 0.5) is 0 Å². The summed E-state index contributed by atoms with van der Waals surface area (Å²) in [5.41, 5.74) is 0. The van der Waals surface area contributed by atoms with Gasteiger partial charge in [-0.25, -0.2) is 0 Å². The normalized spacial score (nSPS) is 17.8. The molecule has 0 spiro atoms. The van der Waals surface area contributed by atoms with Crippen LogP contribution in [0.25, 0.3) is 0 Å². The summed E-state index contributed by atoms with van der Waals surface area (Å²) >= 11 is 0. The zero-order valence-corrected chi connectivity index (χ0v) is 11.7. The Morgan fingerprint density at radius 2 is 1.88 bits per heavy atom. The molecule has 1 fully saturated rings. The van der Waals surface area contributed by atoms with E-state index >= 15 is 0 Å². The van der Waals surface area contributed by atoms with Crippen molar-refractivity contribution in [3.05, 3.63) is 0 Å². The Morgan fingerprint density at radius 1 is 1.12 bits per heavy atom. The molecular formula is C14H30N2O. The summed E-state index contributed by atoms with van der Waals surface area (Å²) in [6.07, 6.45) is 8.25. The second kappa shape index (κ2) is 9.86. The molecule has 1 saturated carbocycles. The fraction of sp³-hybridized carbons (Fsp3) is 1.00. The first-order chi connectivity index (χ1) is 8.29. The molecule has 0 aliphatic heterocycles. The largest absolute Gasteiger partial charge is 0.380 e. The molecule has 0 aromatic heterocycles. The minimum atomic E-state index is 0.845. The van der Waals surface area contributed by atoms with Crippen LogP contribution in [-0.2, 0) is 4.74 Å². The van der Waals surface area contributed by atoms with E-state index in [1.54, 1.807) is 0 Å². The van der Waals surface area contributed by atoms with Crippen LogP contribution in [0.15, 0.2) is 0 Å². The van der Waals surface area contributed by atoms with Crippen LogP contribution >= 0.6 is 0 Å². The van der Waals surface area contributed by atoms with Crippen LogP contribution < -0.4 is 5.32 Å². The maximum Gasteiger partial charge on any atom is 0.0591 e. The van der Waals surface area contributed by atoms with Crippen molar-refractivity contribution in [2.45, 2.75) is 38.5 Å². The molecule has 1 rings (SSSR count). The maximum absolute atomic E-state index is 5.73. The minimum Gasteiger partial charge on any atom is -0.380 e. The Morgan fingerprint density at radius 3 is 2.59 bits per heavy atom. The lowest BCUT2D eigenvalue weighted by Gasteiger charge is -2.21. The molecule has 0 atom stereocenters. The third-order valence-corrected chi connectivity index (χ3v) is 3.46. The van der Waals surface area contributed by atoms with Crippen molar-refractivity contribution >= 4 is 0 Å².